The van der Waals surface area contributed by atoms with Crippen molar-refractivity contribution in [3.05, 3.63) is 11.6 Å². The highest BCUT2D eigenvalue weighted by Crippen LogP contribution is 2.23. The minimum atomic E-state index is 0.221. The molecule has 10 heavy (non-hydrogen) atoms. The number of hydrogen-bond acceptors (Lipinski definition) is 1. The summed E-state index contributed by atoms with van der Waals surface area (Å²) >= 11 is 5.62. The average Bonchev–Trinajstić information content (AvgIpc) is 2.05. The third-order valence-electron chi connectivity index (χ3n) is 1.81. The van der Waals surface area contributed by atoms with Crippen molar-refractivity contribution in [3.8, 4) is 6.07 Å². The summed E-state index contributed by atoms with van der Waals surface area (Å²) in [6.45, 7) is 0. The van der Waals surface area contributed by atoms with E-state index in [9.17, 15) is 0 Å². The average molecular weight is 156 g/mol. The van der Waals surface area contributed by atoms with Gasteiger partial charge in [0.15, 0.2) is 0 Å². The predicted octanol–water partition coefficient (Wildman–Crippen LogP) is 2.48. The lowest BCUT2D eigenvalue weighted by atomic mass is 9.91. The fourth-order valence-electron chi connectivity index (χ4n) is 1.21. The highest BCUT2D eigenvalue weighted by molar-refractivity contribution is 6.19. The van der Waals surface area contributed by atoms with Crippen LogP contribution in [0, 0.1) is 17.2 Å². The zero-order chi connectivity index (χ0) is 7.40. The summed E-state index contributed by atoms with van der Waals surface area (Å²) < 4.78 is 0. The third-order valence-corrected chi connectivity index (χ3v) is 2.15. The number of nitriles is 1. The second-order valence-electron chi connectivity index (χ2n) is 2.60. The Hall–Kier alpha value is -0.480. The molecule has 0 aromatic rings. The van der Waals surface area contributed by atoms with Crippen LogP contribution in [-0.4, -0.2) is 5.88 Å². The first-order valence-electron chi connectivity index (χ1n) is 3.50. The normalized spacial score (nSPS) is 25.2. The summed E-state index contributed by atoms with van der Waals surface area (Å²) in [7, 11) is 0. The lowest BCUT2D eigenvalue weighted by Crippen LogP contribution is -2.04. The van der Waals surface area contributed by atoms with Crippen LogP contribution >= 0.6 is 11.6 Å². The highest BCUT2D eigenvalue weighted by atomic mass is 35.5. The second-order valence-corrected chi connectivity index (χ2v) is 2.87. The largest absolute Gasteiger partial charge is 0.198 e. The van der Waals surface area contributed by atoms with Crippen molar-refractivity contribution in [2.24, 2.45) is 5.92 Å². The second kappa shape index (κ2) is 3.63. The van der Waals surface area contributed by atoms with Crippen molar-refractivity contribution in [2.45, 2.75) is 19.3 Å². The first-order chi connectivity index (χ1) is 4.86. The molecule has 2 heteroatoms. The topological polar surface area (TPSA) is 23.8 Å². The van der Waals surface area contributed by atoms with Crippen LogP contribution in [0.1, 0.15) is 19.3 Å². The molecule has 1 aliphatic carbocycles. The molecule has 0 aromatic carbocycles. The van der Waals surface area contributed by atoms with Crippen molar-refractivity contribution in [3.63, 3.8) is 0 Å². The van der Waals surface area contributed by atoms with E-state index in [4.69, 9.17) is 16.9 Å². The quantitative estimate of drug-likeness (QED) is 0.422. The molecule has 1 nitrogen and oxygen atoms in total. The van der Waals surface area contributed by atoms with Crippen LogP contribution in [0.25, 0.3) is 0 Å². The first kappa shape index (κ1) is 7.63. The number of allylic oxidation sites excluding steroid dienone is 2. The Kier molecular flexibility index (Phi) is 2.77. The molecule has 1 aliphatic rings. The fraction of sp³-hybridized carbons (Fsp3) is 0.625. The molecule has 0 bridgehead atoms. The molecular formula is C8H10ClN. The van der Waals surface area contributed by atoms with E-state index in [1.54, 1.807) is 0 Å². The highest BCUT2D eigenvalue weighted by Gasteiger charge is 2.13. The van der Waals surface area contributed by atoms with Gasteiger partial charge in [0.1, 0.15) is 0 Å². The molecule has 1 rings (SSSR count). The maximum absolute atomic E-state index is 8.58. The van der Waals surface area contributed by atoms with Gasteiger partial charge >= 0.3 is 0 Å². The Bertz CT molecular complexity index is 178. The smallest absolute Gasteiger partial charge is 0.0659 e. The van der Waals surface area contributed by atoms with Crippen LogP contribution in [0.4, 0.5) is 0 Å². The van der Waals surface area contributed by atoms with Gasteiger partial charge in [0, 0.05) is 5.88 Å². The van der Waals surface area contributed by atoms with Crippen LogP contribution in [0.3, 0.4) is 0 Å². The van der Waals surface area contributed by atoms with Gasteiger partial charge in [0.25, 0.3) is 0 Å². The summed E-state index contributed by atoms with van der Waals surface area (Å²) in [6.07, 6.45) is 5.08. The summed E-state index contributed by atoms with van der Waals surface area (Å²) in [5.41, 5.74) is 1.24. The molecule has 0 aromatic heterocycles. The Morgan fingerprint density at radius 1 is 1.80 bits per heavy atom. The molecule has 0 saturated heterocycles. The summed E-state index contributed by atoms with van der Waals surface area (Å²) in [4.78, 5) is 0. The fourth-order valence-corrected chi connectivity index (χ4v) is 1.43. The van der Waals surface area contributed by atoms with Gasteiger partial charge in [-0.2, -0.15) is 5.26 Å². The minimum absolute atomic E-state index is 0.221. The number of halogens is 1. The van der Waals surface area contributed by atoms with E-state index in [1.165, 1.54) is 5.57 Å². The molecule has 1 atom stereocenters. The van der Waals surface area contributed by atoms with Crippen molar-refractivity contribution in [1.82, 2.24) is 0 Å². The van der Waals surface area contributed by atoms with Crippen molar-refractivity contribution in [1.29, 1.82) is 5.26 Å². The van der Waals surface area contributed by atoms with Crippen LogP contribution in [-0.2, 0) is 0 Å². The van der Waals surface area contributed by atoms with E-state index in [2.05, 4.69) is 12.1 Å². The van der Waals surface area contributed by atoms with Gasteiger partial charge in [-0.15, -0.1) is 11.6 Å². The summed E-state index contributed by atoms with van der Waals surface area (Å²) in [5, 5.41) is 8.58. The molecule has 0 fully saturated rings. The zero-order valence-electron chi connectivity index (χ0n) is 5.81. The van der Waals surface area contributed by atoms with Crippen LogP contribution in [0.2, 0.25) is 0 Å². The van der Waals surface area contributed by atoms with E-state index < -0.39 is 0 Å². The minimum Gasteiger partial charge on any atom is -0.198 e. The molecule has 0 radical (unpaired) electrons. The molecule has 0 spiro atoms. The lowest BCUT2D eigenvalue weighted by Gasteiger charge is -2.14. The van der Waals surface area contributed by atoms with Gasteiger partial charge in [0.05, 0.1) is 12.0 Å². The molecule has 1 unspecified atom stereocenters. The van der Waals surface area contributed by atoms with E-state index in [0.717, 1.165) is 19.3 Å². The molecule has 0 saturated carbocycles. The summed E-state index contributed by atoms with van der Waals surface area (Å²) in [6, 6.07) is 2.27. The maximum Gasteiger partial charge on any atom is 0.0659 e. The number of nitrogens with zero attached hydrogens (tertiary/aromatic N) is 1. The molecule has 0 aliphatic heterocycles. The van der Waals surface area contributed by atoms with Crippen molar-refractivity contribution in [2.75, 3.05) is 5.88 Å². The van der Waals surface area contributed by atoms with Gasteiger partial charge in [-0.1, -0.05) is 11.6 Å². The predicted molar refractivity (Wildman–Crippen MR) is 41.8 cm³/mol. The van der Waals surface area contributed by atoms with Gasteiger partial charge in [-0.25, -0.2) is 0 Å². The Balaban J connectivity index is 2.50. The van der Waals surface area contributed by atoms with Gasteiger partial charge in [0.2, 0.25) is 0 Å². The first-order valence-corrected chi connectivity index (χ1v) is 4.03. The lowest BCUT2D eigenvalue weighted by molar-refractivity contribution is 0.576. The third kappa shape index (κ3) is 1.75. The molecule has 54 valence electrons. The molecule has 0 heterocycles. The summed E-state index contributed by atoms with van der Waals surface area (Å²) in [5.74, 6) is 0.816. The zero-order valence-corrected chi connectivity index (χ0v) is 6.56. The van der Waals surface area contributed by atoms with E-state index in [0.29, 0.717) is 5.88 Å². The number of rotatable bonds is 1. The van der Waals surface area contributed by atoms with E-state index in [1.807, 2.05) is 0 Å². The Morgan fingerprint density at radius 3 is 3.20 bits per heavy atom. The van der Waals surface area contributed by atoms with E-state index >= 15 is 0 Å². The van der Waals surface area contributed by atoms with Gasteiger partial charge in [-0.05, 0) is 19.3 Å². The Morgan fingerprint density at radius 2 is 2.60 bits per heavy atom. The number of alkyl halides is 1. The van der Waals surface area contributed by atoms with Crippen LogP contribution in [0.15, 0.2) is 11.6 Å². The standard InChI is InChI=1S/C8H10ClN/c9-5-7-2-1-3-8(4-7)6-10/h2,8H,1,3-5H2. The van der Waals surface area contributed by atoms with E-state index in [-0.39, 0.29) is 5.92 Å². The SMILES string of the molecule is N#CC1CCC=C(CCl)C1. The van der Waals surface area contributed by atoms with Crippen LogP contribution in [0.5, 0.6) is 0 Å². The molecule has 0 N–H and O–H groups in total. The van der Waals surface area contributed by atoms with Crippen LogP contribution < -0.4 is 0 Å². The monoisotopic (exact) mass is 155 g/mol. The van der Waals surface area contributed by atoms with Crippen molar-refractivity contribution >= 4 is 11.6 Å². The molecule has 0 amide bonds. The van der Waals surface area contributed by atoms with Gasteiger partial charge in [-0.3, -0.25) is 0 Å². The maximum atomic E-state index is 8.58. The van der Waals surface area contributed by atoms with Crippen molar-refractivity contribution < 1.29 is 0 Å². The van der Waals surface area contributed by atoms with Gasteiger partial charge < -0.3 is 0 Å². The number of hydrogen-bond donors (Lipinski definition) is 0. The Labute approximate surface area is 66.3 Å². The molecular weight excluding hydrogens is 146 g/mol.